The van der Waals surface area contributed by atoms with Gasteiger partial charge in [-0.1, -0.05) is 19.0 Å². The van der Waals surface area contributed by atoms with Crippen molar-refractivity contribution in [2.45, 2.75) is 46.5 Å². The zero-order valence-electron chi connectivity index (χ0n) is 15.7. The molecule has 0 aliphatic rings. The lowest BCUT2D eigenvalue weighted by atomic mass is 9.82. The number of aliphatic carboxylic acids is 1. The van der Waals surface area contributed by atoms with Crippen LogP contribution in [-0.2, 0) is 16.0 Å². The molecule has 2 N–H and O–H groups in total. The molecule has 2 rings (SSSR count). The van der Waals surface area contributed by atoms with Crippen LogP contribution in [0.15, 0.2) is 22.7 Å². The van der Waals surface area contributed by atoms with Gasteiger partial charge in [-0.25, -0.2) is 4.39 Å². The zero-order chi connectivity index (χ0) is 20.0. The van der Waals surface area contributed by atoms with Gasteiger partial charge in [0.1, 0.15) is 5.82 Å². The van der Waals surface area contributed by atoms with E-state index in [9.17, 15) is 19.1 Å². The molecule has 27 heavy (non-hydrogen) atoms. The summed E-state index contributed by atoms with van der Waals surface area (Å²) in [5.74, 6) is -0.882. The number of carboxylic acids is 1. The molecule has 0 spiro atoms. The largest absolute Gasteiger partial charge is 0.481 e. The van der Waals surface area contributed by atoms with Gasteiger partial charge >= 0.3 is 5.97 Å². The predicted octanol–water partition coefficient (Wildman–Crippen LogP) is 3.12. The van der Waals surface area contributed by atoms with Crippen LogP contribution in [0.25, 0.3) is 11.4 Å². The molecule has 0 unspecified atom stereocenters. The van der Waals surface area contributed by atoms with Crippen LogP contribution in [0.4, 0.5) is 4.39 Å². The maximum absolute atomic E-state index is 13.3. The monoisotopic (exact) mass is 377 g/mol. The number of rotatable bonds is 9. The van der Waals surface area contributed by atoms with Crippen molar-refractivity contribution < 1.29 is 23.6 Å². The summed E-state index contributed by atoms with van der Waals surface area (Å²) >= 11 is 0. The SMILES string of the molecule is CCC(CC)(CNC(=O)CCc1nc(-c2ccc(F)c(C)c2)no1)C(=O)O. The van der Waals surface area contributed by atoms with Crippen molar-refractivity contribution in [1.82, 2.24) is 15.5 Å². The summed E-state index contributed by atoms with van der Waals surface area (Å²) in [7, 11) is 0. The Labute approximate surface area is 157 Å². The fourth-order valence-electron chi connectivity index (χ4n) is 2.71. The predicted molar refractivity (Wildman–Crippen MR) is 96.4 cm³/mol. The first-order valence-electron chi connectivity index (χ1n) is 8.90. The molecule has 146 valence electrons. The molecule has 0 radical (unpaired) electrons. The standard InChI is InChI=1S/C19H24FN3O4/c1-4-19(5-2,18(25)26)11-21-15(24)8-9-16-22-17(23-27-16)13-6-7-14(20)12(3)10-13/h6-7,10H,4-5,8-9,11H2,1-3H3,(H,21,24)(H,25,26). The van der Waals surface area contributed by atoms with E-state index in [2.05, 4.69) is 15.5 Å². The highest BCUT2D eigenvalue weighted by atomic mass is 19.1. The molecule has 1 aromatic heterocycles. The summed E-state index contributed by atoms with van der Waals surface area (Å²) in [6, 6.07) is 4.52. The molecule has 0 saturated heterocycles. The third-order valence-electron chi connectivity index (χ3n) is 4.88. The minimum Gasteiger partial charge on any atom is -0.481 e. The summed E-state index contributed by atoms with van der Waals surface area (Å²) < 4.78 is 18.5. The van der Waals surface area contributed by atoms with Crippen LogP contribution in [0.3, 0.4) is 0 Å². The van der Waals surface area contributed by atoms with Gasteiger partial charge in [-0.3, -0.25) is 9.59 Å². The lowest BCUT2D eigenvalue weighted by molar-refractivity contribution is -0.149. The highest BCUT2D eigenvalue weighted by Gasteiger charge is 2.35. The van der Waals surface area contributed by atoms with E-state index in [0.29, 0.717) is 29.8 Å². The van der Waals surface area contributed by atoms with Gasteiger partial charge in [0.15, 0.2) is 0 Å². The summed E-state index contributed by atoms with van der Waals surface area (Å²) in [6.45, 7) is 5.31. The Kier molecular flexibility index (Phi) is 6.65. The van der Waals surface area contributed by atoms with Crippen molar-refractivity contribution in [3.63, 3.8) is 0 Å². The lowest BCUT2D eigenvalue weighted by Crippen LogP contribution is -2.42. The number of nitrogens with zero attached hydrogens (tertiary/aromatic N) is 2. The number of hydrogen-bond acceptors (Lipinski definition) is 5. The van der Waals surface area contributed by atoms with E-state index in [0.717, 1.165) is 0 Å². The van der Waals surface area contributed by atoms with Crippen molar-refractivity contribution in [3.05, 3.63) is 35.5 Å². The number of carboxylic acid groups (broad SMARTS) is 1. The van der Waals surface area contributed by atoms with Crippen molar-refractivity contribution >= 4 is 11.9 Å². The minimum absolute atomic E-state index is 0.0815. The van der Waals surface area contributed by atoms with Gasteiger partial charge in [-0.2, -0.15) is 4.98 Å². The van der Waals surface area contributed by atoms with Crippen molar-refractivity contribution in [2.24, 2.45) is 5.41 Å². The Hall–Kier alpha value is -2.77. The lowest BCUT2D eigenvalue weighted by Gasteiger charge is -2.26. The Bertz CT molecular complexity index is 815. The smallest absolute Gasteiger partial charge is 0.311 e. The average Bonchev–Trinajstić information content (AvgIpc) is 3.12. The second-order valence-electron chi connectivity index (χ2n) is 6.55. The quantitative estimate of drug-likeness (QED) is 0.696. The molecule has 0 aliphatic heterocycles. The van der Waals surface area contributed by atoms with Crippen LogP contribution in [0.1, 0.15) is 44.6 Å². The Morgan fingerprint density at radius 1 is 1.30 bits per heavy atom. The van der Waals surface area contributed by atoms with Crippen LogP contribution in [0.5, 0.6) is 0 Å². The third kappa shape index (κ3) is 4.90. The molecule has 8 heteroatoms. The van der Waals surface area contributed by atoms with Crippen LogP contribution in [0.2, 0.25) is 0 Å². The van der Waals surface area contributed by atoms with E-state index >= 15 is 0 Å². The van der Waals surface area contributed by atoms with E-state index in [4.69, 9.17) is 4.52 Å². The van der Waals surface area contributed by atoms with Crippen molar-refractivity contribution in [1.29, 1.82) is 0 Å². The first kappa shape index (κ1) is 20.5. The molecule has 0 fully saturated rings. The second kappa shape index (κ2) is 8.75. The summed E-state index contributed by atoms with van der Waals surface area (Å²) in [6.07, 6.45) is 1.21. The molecular weight excluding hydrogens is 353 g/mol. The number of hydrogen-bond donors (Lipinski definition) is 2. The molecule has 0 atom stereocenters. The van der Waals surface area contributed by atoms with Crippen LogP contribution < -0.4 is 5.32 Å². The highest BCUT2D eigenvalue weighted by Crippen LogP contribution is 2.25. The topological polar surface area (TPSA) is 105 Å². The molecule has 1 aromatic carbocycles. The van der Waals surface area contributed by atoms with Crippen LogP contribution >= 0.6 is 0 Å². The summed E-state index contributed by atoms with van der Waals surface area (Å²) in [5, 5.41) is 15.9. The van der Waals surface area contributed by atoms with Gasteiger partial charge in [0.05, 0.1) is 5.41 Å². The molecule has 0 saturated carbocycles. The van der Waals surface area contributed by atoms with Gasteiger partial charge in [0, 0.05) is 24.9 Å². The Morgan fingerprint density at radius 2 is 2.00 bits per heavy atom. The summed E-state index contributed by atoms with van der Waals surface area (Å²) in [5.41, 5.74) is 0.158. The number of aryl methyl sites for hydroxylation is 2. The van der Waals surface area contributed by atoms with Gasteiger partial charge in [-0.15, -0.1) is 0 Å². The molecule has 7 nitrogen and oxygen atoms in total. The van der Waals surface area contributed by atoms with E-state index in [1.165, 1.54) is 6.07 Å². The molecule has 1 amide bonds. The first-order valence-corrected chi connectivity index (χ1v) is 8.90. The van der Waals surface area contributed by atoms with E-state index < -0.39 is 11.4 Å². The van der Waals surface area contributed by atoms with Gasteiger partial charge < -0.3 is 14.9 Å². The molecular formula is C19H24FN3O4. The minimum atomic E-state index is -0.951. The summed E-state index contributed by atoms with van der Waals surface area (Å²) in [4.78, 5) is 27.7. The van der Waals surface area contributed by atoms with E-state index in [1.807, 2.05) is 0 Å². The Morgan fingerprint density at radius 3 is 2.59 bits per heavy atom. The molecule has 0 aliphatic carbocycles. The fourth-order valence-corrected chi connectivity index (χ4v) is 2.71. The highest BCUT2D eigenvalue weighted by molar-refractivity contribution is 5.79. The zero-order valence-corrected chi connectivity index (χ0v) is 15.7. The van der Waals surface area contributed by atoms with Gasteiger partial charge in [-0.05, 0) is 43.5 Å². The van der Waals surface area contributed by atoms with E-state index in [-0.39, 0.29) is 37.0 Å². The maximum atomic E-state index is 13.3. The average molecular weight is 377 g/mol. The number of nitrogens with one attached hydrogen (secondary N) is 1. The number of carbonyl (C=O) groups is 2. The van der Waals surface area contributed by atoms with Crippen LogP contribution in [-0.4, -0.2) is 33.7 Å². The number of amides is 1. The first-order chi connectivity index (χ1) is 12.8. The number of benzene rings is 1. The number of carbonyl (C=O) groups excluding carboxylic acids is 1. The normalized spacial score (nSPS) is 11.4. The van der Waals surface area contributed by atoms with Crippen LogP contribution in [0, 0.1) is 18.2 Å². The molecule has 0 bridgehead atoms. The fraction of sp³-hybridized carbons (Fsp3) is 0.474. The van der Waals surface area contributed by atoms with Gasteiger partial charge in [0.2, 0.25) is 17.6 Å². The third-order valence-corrected chi connectivity index (χ3v) is 4.88. The van der Waals surface area contributed by atoms with E-state index in [1.54, 1.807) is 32.9 Å². The molecule has 2 aromatic rings. The number of halogens is 1. The Balaban J connectivity index is 1.91. The van der Waals surface area contributed by atoms with Crippen molar-refractivity contribution in [3.8, 4) is 11.4 Å². The van der Waals surface area contributed by atoms with Gasteiger partial charge in [0.25, 0.3) is 0 Å². The number of aromatic nitrogens is 2. The maximum Gasteiger partial charge on any atom is 0.311 e. The second-order valence-corrected chi connectivity index (χ2v) is 6.55. The molecule has 1 heterocycles. The van der Waals surface area contributed by atoms with Crippen molar-refractivity contribution in [2.75, 3.05) is 6.54 Å².